The number of benzene rings is 1. The van der Waals surface area contributed by atoms with Crippen LogP contribution in [0, 0.1) is 0 Å². The molecule has 0 bridgehead atoms. The molecule has 0 atom stereocenters. The lowest BCUT2D eigenvalue weighted by Crippen LogP contribution is -1.93. The fraction of sp³-hybridized carbons (Fsp3) is 0.250. The molecule has 0 spiro atoms. The molecule has 15 heavy (non-hydrogen) atoms. The maximum atomic E-state index is 4.58. The highest BCUT2D eigenvalue weighted by atomic mass is 79.9. The molecule has 0 fully saturated rings. The third-order valence-corrected chi connectivity index (χ3v) is 2.96. The van der Waals surface area contributed by atoms with Gasteiger partial charge in [-0.2, -0.15) is 0 Å². The molecular formula is C12H13BrN2. The molecule has 2 rings (SSSR count). The van der Waals surface area contributed by atoms with E-state index in [4.69, 9.17) is 0 Å². The molecule has 0 amide bonds. The smallest absolute Gasteiger partial charge is 0.108 e. The Morgan fingerprint density at radius 3 is 2.47 bits per heavy atom. The van der Waals surface area contributed by atoms with E-state index < -0.39 is 0 Å². The topological polar surface area (TPSA) is 17.8 Å². The van der Waals surface area contributed by atoms with Crippen LogP contribution >= 0.6 is 15.9 Å². The van der Waals surface area contributed by atoms with E-state index in [0.29, 0.717) is 0 Å². The predicted molar refractivity (Wildman–Crippen MR) is 65.7 cm³/mol. The van der Waals surface area contributed by atoms with E-state index in [2.05, 4.69) is 50.7 Å². The van der Waals surface area contributed by atoms with Gasteiger partial charge in [0.25, 0.3) is 0 Å². The van der Waals surface area contributed by atoms with Crippen molar-refractivity contribution in [2.45, 2.75) is 13.3 Å². The van der Waals surface area contributed by atoms with Gasteiger partial charge in [-0.25, -0.2) is 4.98 Å². The van der Waals surface area contributed by atoms with Crippen molar-refractivity contribution in [3.63, 3.8) is 0 Å². The molecule has 0 aliphatic rings. The molecule has 0 unspecified atom stereocenters. The summed E-state index contributed by atoms with van der Waals surface area (Å²) < 4.78 is 3.18. The second kappa shape index (κ2) is 4.19. The van der Waals surface area contributed by atoms with Crippen molar-refractivity contribution in [1.29, 1.82) is 0 Å². The van der Waals surface area contributed by atoms with Crippen LogP contribution in [-0.4, -0.2) is 9.55 Å². The first-order valence-electron chi connectivity index (χ1n) is 4.99. The van der Waals surface area contributed by atoms with Gasteiger partial charge in [0.15, 0.2) is 0 Å². The first kappa shape index (κ1) is 10.4. The van der Waals surface area contributed by atoms with Crippen LogP contribution in [0.2, 0.25) is 0 Å². The number of nitrogens with zero attached hydrogens (tertiary/aromatic N) is 2. The molecule has 0 N–H and O–H groups in total. The predicted octanol–water partition coefficient (Wildman–Crippen LogP) is 3.41. The Bertz CT molecular complexity index is 457. The fourth-order valence-corrected chi connectivity index (χ4v) is 1.86. The minimum atomic E-state index is 0.965. The Balaban J connectivity index is 2.41. The molecule has 2 nitrogen and oxygen atoms in total. The number of imidazole rings is 1. The summed E-state index contributed by atoms with van der Waals surface area (Å²) >= 11 is 3.43. The molecule has 1 aromatic heterocycles. The molecule has 0 aliphatic carbocycles. The lowest BCUT2D eigenvalue weighted by atomic mass is 10.2. The summed E-state index contributed by atoms with van der Waals surface area (Å²) in [4.78, 5) is 4.58. The zero-order chi connectivity index (χ0) is 10.8. The summed E-state index contributed by atoms with van der Waals surface area (Å²) in [5, 5.41) is 0. The van der Waals surface area contributed by atoms with Gasteiger partial charge in [0.1, 0.15) is 5.82 Å². The van der Waals surface area contributed by atoms with Gasteiger partial charge in [-0.3, -0.25) is 0 Å². The minimum Gasteiger partial charge on any atom is -0.337 e. The van der Waals surface area contributed by atoms with Gasteiger partial charge in [0.05, 0.1) is 5.69 Å². The molecule has 2 aromatic rings. The summed E-state index contributed by atoms with van der Waals surface area (Å²) in [5.41, 5.74) is 2.20. The Labute approximate surface area is 98.1 Å². The van der Waals surface area contributed by atoms with Crippen LogP contribution in [0.3, 0.4) is 0 Å². The standard InChI is InChI=1S/C12H13BrN2/c1-3-12-14-11(8-15(12)2)9-4-6-10(13)7-5-9/h4-8H,3H2,1-2H3. The summed E-state index contributed by atoms with van der Waals surface area (Å²) in [5.74, 6) is 1.12. The van der Waals surface area contributed by atoms with E-state index in [-0.39, 0.29) is 0 Å². The van der Waals surface area contributed by atoms with Crippen LogP contribution < -0.4 is 0 Å². The molecular weight excluding hydrogens is 252 g/mol. The molecule has 0 saturated heterocycles. The number of hydrogen-bond donors (Lipinski definition) is 0. The molecule has 0 radical (unpaired) electrons. The zero-order valence-corrected chi connectivity index (χ0v) is 10.5. The number of aromatic nitrogens is 2. The maximum absolute atomic E-state index is 4.58. The Kier molecular flexibility index (Phi) is 2.91. The largest absolute Gasteiger partial charge is 0.337 e. The number of halogens is 1. The minimum absolute atomic E-state index is 0.965. The normalized spacial score (nSPS) is 10.6. The number of hydrogen-bond acceptors (Lipinski definition) is 1. The van der Waals surface area contributed by atoms with E-state index in [0.717, 1.165) is 28.0 Å². The van der Waals surface area contributed by atoms with Crippen LogP contribution in [0.1, 0.15) is 12.7 Å². The molecule has 78 valence electrons. The Hall–Kier alpha value is -1.09. The van der Waals surface area contributed by atoms with Crippen LogP contribution in [-0.2, 0) is 13.5 Å². The van der Waals surface area contributed by atoms with Gasteiger partial charge in [-0.15, -0.1) is 0 Å². The molecule has 3 heteroatoms. The molecule has 1 aromatic carbocycles. The van der Waals surface area contributed by atoms with Crippen molar-refractivity contribution in [1.82, 2.24) is 9.55 Å². The maximum Gasteiger partial charge on any atom is 0.108 e. The summed E-state index contributed by atoms with van der Waals surface area (Å²) in [7, 11) is 2.04. The van der Waals surface area contributed by atoms with Gasteiger partial charge < -0.3 is 4.57 Å². The fourth-order valence-electron chi connectivity index (χ4n) is 1.59. The van der Waals surface area contributed by atoms with Crippen molar-refractivity contribution in [3.05, 3.63) is 40.8 Å². The van der Waals surface area contributed by atoms with Gasteiger partial charge in [0, 0.05) is 29.7 Å². The van der Waals surface area contributed by atoms with Crippen molar-refractivity contribution < 1.29 is 0 Å². The van der Waals surface area contributed by atoms with E-state index in [9.17, 15) is 0 Å². The highest BCUT2D eigenvalue weighted by molar-refractivity contribution is 9.10. The highest BCUT2D eigenvalue weighted by Crippen LogP contribution is 2.20. The average Bonchev–Trinajstić information content (AvgIpc) is 2.61. The number of aryl methyl sites for hydroxylation is 2. The third kappa shape index (κ3) is 2.12. The lowest BCUT2D eigenvalue weighted by molar-refractivity contribution is 0.808. The SMILES string of the molecule is CCc1nc(-c2ccc(Br)cc2)cn1C. The van der Waals surface area contributed by atoms with Crippen molar-refractivity contribution in [3.8, 4) is 11.3 Å². The first-order chi connectivity index (χ1) is 7.20. The van der Waals surface area contributed by atoms with Crippen LogP contribution in [0.5, 0.6) is 0 Å². The first-order valence-corrected chi connectivity index (χ1v) is 5.78. The molecule has 0 saturated carbocycles. The second-order valence-corrected chi connectivity index (χ2v) is 4.43. The summed E-state index contributed by atoms with van der Waals surface area (Å²) in [6.07, 6.45) is 3.04. The third-order valence-electron chi connectivity index (χ3n) is 2.43. The van der Waals surface area contributed by atoms with Gasteiger partial charge >= 0.3 is 0 Å². The van der Waals surface area contributed by atoms with Gasteiger partial charge in [-0.1, -0.05) is 35.0 Å². The Morgan fingerprint density at radius 1 is 1.27 bits per heavy atom. The van der Waals surface area contributed by atoms with Crippen LogP contribution in [0.4, 0.5) is 0 Å². The summed E-state index contributed by atoms with van der Waals surface area (Å²) in [6.45, 7) is 2.12. The quantitative estimate of drug-likeness (QED) is 0.813. The molecule has 0 aliphatic heterocycles. The van der Waals surface area contributed by atoms with Crippen LogP contribution in [0.25, 0.3) is 11.3 Å². The molecule has 1 heterocycles. The van der Waals surface area contributed by atoms with E-state index >= 15 is 0 Å². The number of rotatable bonds is 2. The van der Waals surface area contributed by atoms with Gasteiger partial charge in [-0.05, 0) is 12.1 Å². The van der Waals surface area contributed by atoms with E-state index in [1.165, 1.54) is 0 Å². The zero-order valence-electron chi connectivity index (χ0n) is 8.87. The van der Waals surface area contributed by atoms with Crippen molar-refractivity contribution >= 4 is 15.9 Å². The summed E-state index contributed by atoms with van der Waals surface area (Å²) in [6, 6.07) is 8.23. The highest BCUT2D eigenvalue weighted by Gasteiger charge is 2.04. The van der Waals surface area contributed by atoms with Crippen molar-refractivity contribution in [2.75, 3.05) is 0 Å². The van der Waals surface area contributed by atoms with Crippen LogP contribution in [0.15, 0.2) is 34.9 Å². The van der Waals surface area contributed by atoms with E-state index in [1.807, 2.05) is 19.2 Å². The lowest BCUT2D eigenvalue weighted by Gasteiger charge is -1.95. The monoisotopic (exact) mass is 264 g/mol. The second-order valence-electron chi connectivity index (χ2n) is 3.51. The average molecular weight is 265 g/mol. The van der Waals surface area contributed by atoms with Gasteiger partial charge in [0.2, 0.25) is 0 Å². The Morgan fingerprint density at radius 2 is 1.93 bits per heavy atom. The van der Waals surface area contributed by atoms with E-state index in [1.54, 1.807) is 0 Å². The van der Waals surface area contributed by atoms with Crippen molar-refractivity contribution in [2.24, 2.45) is 7.05 Å².